The zero-order valence-corrected chi connectivity index (χ0v) is 34.7. The van der Waals surface area contributed by atoms with Gasteiger partial charge in [0, 0.05) is 12.8 Å². The van der Waals surface area contributed by atoms with E-state index in [-0.39, 0.29) is 49.1 Å². The predicted molar refractivity (Wildman–Crippen MR) is 212 cm³/mol. The molecule has 0 saturated heterocycles. The van der Waals surface area contributed by atoms with Crippen LogP contribution in [-0.4, -0.2) is 51.3 Å². The molecule has 1 aromatic carbocycles. The summed E-state index contributed by atoms with van der Waals surface area (Å²) in [4.78, 5) is 45.6. The van der Waals surface area contributed by atoms with Crippen molar-refractivity contribution in [2.45, 2.75) is 138 Å². The molecular formula is C46H70O8. The number of hydrogen-bond acceptors (Lipinski definition) is 8. The van der Waals surface area contributed by atoms with Crippen molar-refractivity contribution in [3.8, 4) is 0 Å². The second-order valence-electron chi connectivity index (χ2n) is 17.8. The molecule has 4 aliphatic carbocycles. The molecule has 0 bridgehead atoms. The average molecular weight is 751 g/mol. The highest BCUT2D eigenvalue weighted by molar-refractivity contribution is 5.93. The molecule has 3 fully saturated rings. The van der Waals surface area contributed by atoms with Crippen LogP contribution in [0.15, 0.2) is 35.9 Å². The van der Waals surface area contributed by atoms with Crippen LogP contribution in [0.25, 0.3) is 0 Å². The van der Waals surface area contributed by atoms with Crippen molar-refractivity contribution in [3.63, 3.8) is 0 Å². The lowest BCUT2D eigenvalue weighted by atomic mass is 9.46. The third-order valence-electron chi connectivity index (χ3n) is 13.9. The fourth-order valence-electron chi connectivity index (χ4n) is 10.7. The van der Waals surface area contributed by atoms with Crippen LogP contribution in [0.3, 0.4) is 0 Å². The van der Waals surface area contributed by atoms with Crippen LogP contribution in [0, 0.1) is 52.3 Å². The Morgan fingerprint density at radius 2 is 1.31 bits per heavy atom. The summed E-state index contributed by atoms with van der Waals surface area (Å²) in [6.45, 7) is 15.4. The molecule has 0 heterocycles. The van der Waals surface area contributed by atoms with Crippen LogP contribution in [0.1, 0.15) is 159 Å². The van der Waals surface area contributed by atoms with Gasteiger partial charge in [0.1, 0.15) is 0 Å². The molecule has 3 saturated carbocycles. The van der Waals surface area contributed by atoms with E-state index < -0.39 is 11.9 Å². The van der Waals surface area contributed by atoms with Crippen molar-refractivity contribution in [2.24, 2.45) is 52.3 Å². The predicted octanol–water partition coefficient (Wildman–Crippen LogP) is 10.6. The molecule has 1 aromatic rings. The number of rotatable bonds is 15. The quantitative estimate of drug-likeness (QED) is 0.0755. The lowest BCUT2D eigenvalue weighted by molar-refractivity contribution is -0.141. The first-order valence-electron chi connectivity index (χ1n) is 21.0. The lowest BCUT2D eigenvalue weighted by Gasteiger charge is -2.58. The number of methoxy groups -OCH3 is 2. The van der Waals surface area contributed by atoms with E-state index >= 15 is 0 Å². The summed E-state index contributed by atoms with van der Waals surface area (Å²) in [6, 6.07) is 5.81. The van der Waals surface area contributed by atoms with Crippen LogP contribution in [0.5, 0.6) is 0 Å². The number of ether oxygens (including phenoxy) is 4. The standard InChI is InChI=1S/C28H48.C18H22O8/c1-19(2)8-7-9-21(4)24-12-13-25-23-11-10-22-18-20(3)14-16-27(22,5)26(23)15-17-28(24,25)6;1-23-15(19)5-3-11-25-17(21)13-7-9-14(10-8-13)18(22)26-12-4-6-16(20)24-2/h10,19-21,23-26H,7-9,11-18H2,1-6H3;7-10H,3-6,11-12H2,1-2H3. The van der Waals surface area contributed by atoms with E-state index in [9.17, 15) is 19.2 Å². The molecule has 0 amide bonds. The van der Waals surface area contributed by atoms with E-state index in [1.165, 1.54) is 109 Å². The summed E-state index contributed by atoms with van der Waals surface area (Å²) in [6.07, 6.45) is 20.0. The second kappa shape index (κ2) is 20.1. The van der Waals surface area contributed by atoms with E-state index in [4.69, 9.17) is 9.47 Å². The number of carbonyl (C=O) groups is 4. The van der Waals surface area contributed by atoms with Crippen molar-refractivity contribution in [2.75, 3.05) is 27.4 Å². The first-order chi connectivity index (χ1) is 25.7. The van der Waals surface area contributed by atoms with E-state index in [0.717, 1.165) is 41.4 Å². The molecule has 0 aromatic heterocycles. The van der Waals surface area contributed by atoms with Crippen LogP contribution < -0.4 is 0 Å². The first-order valence-corrected chi connectivity index (χ1v) is 21.0. The van der Waals surface area contributed by atoms with E-state index in [1.54, 1.807) is 0 Å². The molecule has 302 valence electrons. The van der Waals surface area contributed by atoms with Gasteiger partial charge in [-0.05, 0) is 141 Å². The molecule has 0 spiro atoms. The van der Waals surface area contributed by atoms with Crippen molar-refractivity contribution in [1.82, 2.24) is 0 Å². The van der Waals surface area contributed by atoms with Crippen LogP contribution >= 0.6 is 0 Å². The highest BCUT2D eigenvalue weighted by Crippen LogP contribution is 2.67. The minimum absolute atomic E-state index is 0.0952. The van der Waals surface area contributed by atoms with Gasteiger partial charge in [-0.1, -0.05) is 72.5 Å². The SMILES string of the molecule is CC(C)CCCC(C)C1CCC2C3CC=C4CC(C)CCC4(C)C3CCC12C.COC(=O)CCCOC(=O)c1ccc(C(=O)OCCCC(=O)OC)cc1. The van der Waals surface area contributed by atoms with Gasteiger partial charge < -0.3 is 18.9 Å². The van der Waals surface area contributed by atoms with Gasteiger partial charge in [0.2, 0.25) is 0 Å². The topological polar surface area (TPSA) is 105 Å². The van der Waals surface area contributed by atoms with Gasteiger partial charge in [-0.3, -0.25) is 9.59 Å². The maximum atomic E-state index is 11.8. The normalized spacial score (nSPS) is 28.9. The van der Waals surface area contributed by atoms with Gasteiger partial charge in [-0.2, -0.15) is 0 Å². The van der Waals surface area contributed by atoms with Crippen molar-refractivity contribution >= 4 is 23.9 Å². The van der Waals surface area contributed by atoms with Gasteiger partial charge in [0.05, 0.1) is 38.6 Å². The van der Waals surface area contributed by atoms with Crippen molar-refractivity contribution in [1.29, 1.82) is 0 Å². The fourth-order valence-corrected chi connectivity index (χ4v) is 10.7. The molecule has 0 N–H and O–H groups in total. The van der Waals surface area contributed by atoms with Crippen LogP contribution in [0.2, 0.25) is 0 Å². The van der Waals surface area contributed by atoms with Gasteiger partial charge >= 0.3 is 23.9 Å². The Bertz CT molecular complexity index is 1380. The summed E-state index contributed by atoms with van der Waals surface area (Å²) in [5.41, 5.74) is 3.63. The van der Waals surface area contributed by atoms with Crippen LogP contribution in [-0.2, 0) is 28.5 Å². The Morgan fingerprint density at radius 1 is 0.741 bits per heavy atom. The zero-order valence-electron chi connectivity index (χ0n) is 34.7. The monoisotopic (exact) mass is 751 g/mol. The van der Waals surface area contributed by atoms with Gasteiger partial charge in [0.15, 0.2) is 0 Å². The Kier molecular flexibility index (Phi) is 16.2. The van der Waals surface area contributed by atoms with Crippen molar-refractivity contribution < 1.29 is 38.1 Å². The number of hydrogen-bond donors (Lipinski definition) is 0. The van der Waals surface area contributed by atoms with E-state index in [1.807, 2.05) is 5.57 Å². The maximum absolute atomic E-state index is 11.8. The lowest BCUT2D eigenvalue weighted by Crippen LogP contribution is -2.50. The maximum Gasteiger partial charge on any atom is 0.338 e. The molecule has 8 nitrogen and oxygen atoms in total. The molecule has 5 rings (SSSR count). The summed E-state index contributed by atoms with van der Waals surface area (Å²) >= 11 is 0. The van der Waals surface area contributed by atoms with Gasteiger partial charge in [-0.15, -0.1) is 0 Å². The molecule has 8 unspecified atom stereocenters. The minimum atomic E-state index is -0.548. The Hall–Kier alpha value is -3.16. The van der Waals surface area contributed by atoms with Crippen LogP contribution in [0.4, 0.5) is 0 Å². The Balaban J connectivity index is 0.000000242. The number of allylic oxidation sites excluding steroid dienone is 2. The molecule has 8 atom stereocenters. The van der Waals surface area contributed by atoms with Gasteiger partial charge in [0.25, 0.3) is 0 Å². The number of fused-ring (bicyclic) bond motifs is 5. The zero-order chi connectivity index (χ0) is 39.5. The van der Waals surface area contributed by atoms with E-state index in [2.05, 4.69) is 57.1 Å². The highest BCUT2D eigenvalue weighted by Gasteiger charge is 2.58. The molecule has 0 aliphatic heterocycles. The third-order valence-corrected chi connectivity index (χ3v) is 13.9. The largest absolute Gasteiger partial charge is 0.469 e. The molecule has 4 aliphatic rings. The molecular weight excluding hydrogens is 680 g/mol. The Labute approximate surface area is 325 Å². The summed E-state index contributed by atoms with van der Waals surface area (Å²) in [5.74, 6) is 4.90. The summed E-state index contributed by atoms with van der Waals surface area (Å²) < 4.78 is 19.0. The highest BCUT2D eigenvalue weighted by atomic mass is 16.5. The number of carbonyl (C=O) groups excluding carboxylic acids is 4. The minimum Gasteiger partial charge on any atom is -0.469 e. The van der Waals surface area contributed by atoms with E-state index in [0.29, 0.717) is 23.7 Å². The number of esters is 4. The smallest absolute Gasteiger partial charge is 0.338 e. The molecule has 8 heteroatoms. The first kappa shape index (κ1) is 43.6. The average Bonchev–Trinajstić information content (AvgIpc) is 3.52. The molecule has 54 heavy (non-hydrogen) atoms. The summed E-state index contributed by atoms with van der Waals surface area (Å²) in [7, 11) is 2.58. The van der Waals surface area contributed by atoms with Crippen molar-refractivity contribution in [3.05, 3.63) is 47.0 Å². The Morgan fingerprint density at radius 3 is 1.85 bits per heavy atom. The summed E-state index contributed by atoms with van der Waals surface area (Å²) in [5, 5.41) is 0. The molecule has 0 radical (unpaired) electrons. The second-order valence-corrected chi connectivity index (χ2v) is 17.8. The number of benzene rings is 1. The third kappa shape index (κ3) is 11.0. The fraction of sp³-hybridized carbons (Fsp3) is 0.739. The van der Waals surface area contributed by atoms with Gasteiger partial charge in [-0.25, -0.2) is 9.59 Å².